The Bertz CT molecular complexity index is 488. The maximum Gasteiger partial charge on any atom is 0.257 e. The van der Waals surface area contributed by atoms with E-state index in [0.29, 0.717) is 24.4 Å². The molecule has 2 rings (SSSR count). The van der Waals surface area contributed by atoms with E-state index in [0.717, 1.165) is 25.9 Å². The summed E-state index contributed by atoms with van der Waals surface area (Å²) < 4.78 is 4.97. The highest BCUT2D eigenvalue weighted by molar-refractivity contribution is 5.94. The minimum Gasteiger partial charge on any atom is -0.472 e. The molecule has 0 aromatic carbocycles. The van der Waals surface area contributed by atoms with Crippen molar-refractivity contribution in [1.29, 1.82) is 0 Å². The van der Waals surface area contributed by atoms with E-state index in [4.69, 9.17) is 4.42 Å². The lowest BCUT2D eigenvalue weighted by Crippen LogP contribution is -2.42. The van der Waals surface area contributed by atoms with Crippen molar-refractivity contribution in [3.8, 4) is 0 Å². The topological polar surface area (TPSA) is 53.8 Å². The summed E-state index contributed by atoms with van der Waals surface area (Å²) in [7, 11) is 0. The highest BCUT2D eigenvalue weighted by Crippen LogP contribution is 2.17. The Kier molecular flexibility index (Phi) is 5.63. The molecular weight excluding hydrogens is 280 g/mol. The SMILES string of the molecule is CC1CCN(C(=O)CCN(C(=O)c2ccoc2)C(C)C)CC1. The zero-order valence-corrected chi connectivity index (χ0v) is 13.7. The summed E-state index contributed by atoms with van der Waals surface area (Å²) in [6, 6.07) is 1.71. The number of nitrogens with zero attached hydrogens (tertiary/aromatic N) is 2. The smallest absolute Gasteiger partial charge is 0.257 e. The summed E-state index contributed by atoms with van der Waals surface area (Å²) in [6.45, 7) is 8.29. The number of hydrogen-bond acceptors (Lipinski definition) is 3. The third kappa shape index (κ3) is 4.12. The zero-order chi connectivity index (χ0) is 16.1. The third-order valence-electron chi connectivity index (χ3n) is 4.36. The molecule has 5 heteroatoms. The summed E-state index contributed by atoms with van der Waals surface area (Å²) >= 11 is 0. The van der Waals surface area contributed by atoms with Crippen molar-refractivity contribution < 1.29 is 14.0 Å². The van der Waals surface area contributed by atoms with Gasteiger partial charge in [-0.05, 0) is 38.7 Å². The fraction of sp³-hybridized carbons (Fsp3) is 0.647. The lowest BCUT2D eigenvalue weighted by atomic mass is 9.99. The van der Waals surface area contributed by atoms with Gasteiger partial charge in [0.05, 0.1) is 11.8 Å². The van der Waals surface area contributed by atoms with E-state index in [-0.39, 0.29) is 17.9 Å². The average Bonchev–Trinajstić information content (AvgIpc) is 3.01. The molecule has 0 N–H and O–H groups in total. The first-order chi connectivity index (χ1) is 10.5. The van der Waals surface area contributed by atoms with Crippen LogP contribution in [0.25, 0.3) is 0 Å². The van der Waals surface area contributed by atoms with Crippen LogP contribution in [0.1, 0.15) is 50.4 Å². The Morgan fingerprint density at radius 2 is 2.05 bits per heavy atom. The quantitative estimate of drug-likeness (QED) is 0.840. The van der Waals surface area contributed by atoms with Crippen molar-refractivity contribution in [2.45, 2.75) is 46.1 Å². The molecule has 1 aliphatic rings. The standard InChI is InChI=1S/C17H26N2O3/c1-13(2)19(17(21)15-7-11-22-12-15)10-6-16(20)18-8-4-14(3)5-9-18/h7,11-14H,4-6,8-10H2,1-3H3. The van der Waals surface area contributed by atoms with Gasteiger partial charge in [-0.25, -0.2) is 0 Å². The average molecular weight is 306 g/mol. The van der Waals surface area contributed by atoms with Gasteiger partial charge in [0.1, 0.15) is 6.26 Å². The summed E-state index contributed by atoms with van der Waals surface area (Å²) in [5, 5.41) is 0. The number of carbonyl (C=O) groups is 2. The predicted molar refractivity (Wildman–Crippen MR) is 84.5 cm³/mol. The first-order valence-corrected chi connectivity index (χ1v) is 8.10. The van der Waals surface area contributed by atoms with Crippen molar-refractivity contribution >= 4 is 11.8 Å². The molecule has 0 unspecified atom stereocenters. The van der Waals surface area contributed by atoms with Crippen LogP contribution in [-0.2, 0) is 4.79 Å². The largest absolute Gasteiger partial charge is 0.472 e. The normalized spacial score (nSPS) is 16.1. The van der Waals surface area contributed by atoms with Crippen LogP contribution in [-0.4, -0.2) is 47.3 Å². The van der Waals surface area contributed by atoms with E-state index in [1.807, 2.05) is 18.7 Å². The van der Waals surface area contributed by atoms with Gasteiger partial charge >= 0.3 is 0 Å². The van der Waals surface area contributed by atoms with Crippen molar-refractivity contribution in [1.82, 2.24) is 9.80 Å². The summed E-state index contributed by atoms with van der Waals surface area (Å²) in [4.78, 5) is 28.4. The fourth-order valence-corrected chi connectivity index (χ4v) is 2.78. The fourth-order valence-electron chi connectivity index (χ4n) is 2.78. The van der Waals surface area contributed by atoms with Gasteiger partial charge in [0.25, 0.3) is 5.91 Å². The van der Waals surface area contributed by atoms with Gasteiger partial charge in [0.2, 0.25) is 5.91 Å². The second kappa shape index (κ2) is 7.47. The molecule has 2 heterocycles. The van der Waals surface area contributed by atoms with Crippen LogP contribution >= 0.6 is 0 Å². The summed E-state index contributed by atoms with van der Waals surface area (Å²) in [6.07, 6.45) is 5.48. The number of furan rings is 1. The number of hydrogen-bond donors (Lipinski definition) is 0. The van der Waals surface area contributed by atoms with Crippen LogP contribution in [0.5, 0.6) is 0 Å². The molecule has 1 fully saturated rings. The maximum absolute atomic E-state index is 12.4. The second-order valence-corrected chi connectivity index (χ2v) is 6.42. The molecule has 1 aromatic rings. The number of rotatable bonds is 5. The van der Waals surface area contributed by atoms with Crippen molar-refractivity contribution in [2.75, 3.05) is 19.6 Å². The van der Waals surface area contributed by atoms with E-state index in [2.05, 4.69) is 6.92 Å². The van der Waals surface area contributed by atoms with Crippen molar-refractivity contribution in [3.05, 3.63) is 24.2 Å². The lowest BCUT2D eigenvalue weighted by Gasteiger charge is -2.32. The minimum absolute atomic E-state index is 0.0524. The zero-order valence-electron chi connectivity index (χ0n) is 13.7. The third-order valence-corrected chi connectivity index (χ3v) is 4.36. The maximum atomic E-state index is 12.4. The Hall–Kier alpha value is -1.78. The van der Waals surface area contributed by atoms with Crippen LogP contribution in [0.15, 0.2) is 23.0 Å². The number of amides is 2. The first-order valence-electron chi connectivity index (χ1n) is 8.10. The molecule has 0 radical (unpaired) electrons. The van der Waals surface area contributed by atoms with Gasteiger partial charge in [-0.2, -0.15) is 0 Å². The van der Waals surface area contributed by atoms with Crippen molar-refractivity contribution in [3.63, 3.8) is 0 Å². The van der Waals surface area contributed by atoms with E-state index in [9.17, 15) is 9.59 Å². The highest BCUT2D eigenvalue weighted by Gasteiger charge is 2.24. The molecule has 1 aliphatic heterocycles. The Morgan fingerprint density at radius 1 is 1.36 bits per heavy atom. The molecule has 122 valence electrons. The van der Waals surface area contributed by atoms with Crippen LogP contribution in [0.2, 0.25) is 0 Å². The molecule has 1 saturated heterocycles. The Labute approximate surface area is 132 Å². The molecule has 0 spiro atoms. The van der Waals surface area contributed by atoms with Gasteiger partial charge in [-0.1, -0.05) is 6.92 Å². The number of carbonyl (C=O) groups excluding carboxylic acids is 2. The monoisotopic (exact) mass is 306 g/mol. The van der Waals surface area contributed by atoms with Gasteiger partial charge < -0.3 is 14.2 Å². The van der Waals surface area contributed by atoms with E-state index in [1.165, 1.54) is 12.5 Å². The Balaban J connectivity index is 1.89. The van der Waals surface area contributed by atoms with Crippen LogP contribution in [0.3, 0.4) is 0 Å². The summed E-state index contributed by atoms with van der Waals surface area (Å²) in [5.74, 6) is 0.778. The molecule has 22 heavy (non-hydrogen) atoms. The van der Waals surface area contributed by atoms with E-state index >= 15 is 0 Å². The lowest BCUT2D eigenvalue weighted by molar-refractivity contribution is -0.132. The van der Waals surface area contributed by atoms with Crippen LogP contribution < -0.4 is 0 Å². The Morgan fingerprint density at radius 3 is 2.59 bits per heavy atom. The molecule has 1 aromatic heterocycles. The van der Waals surface area contributed by atoms with Gasteiger partial charge in [-0.15, -0.1) is 0 Å². The predicted octanol–water partition coefficient (Wildman–Crippen LogP) is 2.78. The van der Waals surface area contributed by atoms with E-state index in [1.54, 1.807) is 11.0 Å². The molecular formula is C17H26N2O3. The molecule has 0 saturated carbocycles. The van der Waals surface area contributed by atoms with Gasteiger partial charge in [-0.3, -0.25) is 9.59 Å². The molecule has 5 nitrogen and oxygen atoms in total. The van der Waals surface area contributed by atoms with Gasteiger partial charge in [0, 0.05) is 32.1 Å². The minimum atomic E-state index is -0.0798. The van der Waals surface area contributed by atoms with Crippen LogP contribution in [0, 0.1) is 5.92 Å². The second-order valence-electron chi connectivity index (χ2n) is 6.42. The number of piperidine rings is 1. The summed E-state index contributed by atoms with van der Waals surface area (Å²) in [5.41, 5.74) is 0.535. The highest BCUT2D eigenvalue weighted by atomic mass is 16.3. The first kappa shape index (κ1) is 16.6. The molecule has 0 atom stereocenters. The molecule has 0 bridgehead atoms. The van der Waals surface area contributed by atoms with E-state index < -0.39 is 0 Å². The molecule has 0 aliphatic carbocycles. The molecule has 2 amide bonds. The van der Waals surface area contributed by atoms with Crippen LogP contribution in [0.4, 0.5) is 0 Å². The van der Waals surface area contributed by atoms with Gasteiger partial charge in [0.15, 0.2) is 0 Å². The van der Waals surface area contributed by atoms with Crippen molar-refractivity contribution in [2.24, 2.45) is 5.92 Å². The number of likely N-dealkylation sites (tertiary alicyclic amines) is 1.